The van der Waals surface area contributed by atoms with Gasteiger partial charge in [-0.2, -0.15) is 0 Å². The molecule has 0 bridgehead atoms. The molecular formula is C17H20ClNO. The van der Waals surface area contributed by atoms with Gasteiger partial charge in [-0.05, 0) is 36.2 Å². The van der Waals surface area contributed by atoms with Gasteiger partial charge in [0.2, 0.25) is 0 Å². The minimum atomic E-state index is 0.534. The lowest BCUT2D eigenvalue weighted by Crippen LogP contribution is -2.13. The van der Waals surface area contributed by atoms with Gasteiger partial charge in [0.1, 0.15) is 12.4 Å². The lowest BCUT2D eigenvalue weighted by Gasteiger charge is -2.09. The summed E-state index contributed by atoms with van der Waals surface area (Å²) in [6, 6.07) is 16.0. The molecule has 1 N–H and O–H groups in total. The highest BCUT2D eigenvalue weighted by Gasteiger charge is 2.00. The normalized spacial score (nSPS) is 10.5. The molecule has 0 heterocycles. The van der Waals surface area contributed by atoms with E-state index in [9.17, 15) is 0 Å². The summed E-state index contributed by atoms with van der Waals surface area (Å²) in [5.74, 6) is 0.725. The Morgan fingerprint density at radius 2 is 1.70 bits per heavy atom. The fourth-order valence-electron chi connectivity index (χ4n) is 1.89. The third kappa shape index (κ3) is 4.55. The first-order chi connectivity index (χ1) is 9.79. The maximum absolute atomic E-state index is 6.05. The van der Waals surface area contributed by atoms with E-state index < -0.39 is 0 Å². The van der Waals surface area contributed by atoms with Gasteiger partial charge in [0.15, 0.2) is 0 Å². The third-order valence-electron chi connectivity index (χ3n) is 3.01. The van der Waals surface area contributed by atoms with Crippen LogP contribution in [0, 0.1) is 0 Å². The van der Waals surface area contributed by atoms with Gasteiger partial charge in [-0.3, -0.25) is 0 Å². The van der Waals surface area contributed by atoms with Crippen molar-refractivity contribution in [2.45, 2.75) is 26.5 Å². The van der Waals surface area contributed by atoms with E-state index in [0.717, 1.165) is 30.8 Å². The summed E-state index contributed by atoms with van der Waals surface area (Å²) in [6.45, 7) is 4.67. The summed E-state index contributed by atoms with van der Waals surface area (Å²) in [4.78, 5) is 0. The minimum Gasteiger partial charge on any atom is -0.487 e. The van der Waals surface area contributed by atoms with Crippen LogP contribution in [0.5, 0.6) is 5.75 Å². The van der Waals surface area contributed by atoms with Crippen molar-refractivity contribution in [3.8, 4) is 5.75 Å². The summed E-state index contributed by atoms with van der Waals surface area (Å²) in [5.41, 5.74) is 2.43. The fourth-order valence-corrected chi connectivity index (χ4v) is 2.08. The van der Waals surface area contributed by atoms with Crippen LogP contribution in [0.15, 0.2) is 48.5 Å². The molecule has 0 atom stereocenters. The van der Waals surface area contributed by atoms with Crippen molar-refractivity contribution in [3.05, 3.63) is 64.7 Å². The average molecular weight is 290 g/mol. The van der Waals surface area contributed by atoms with E-state index >= 15 is 0 Å². The second kappa shape index (κ2) is 7.93. The Morgan fingerprint density at radius 1 is 1.00 bits per heavy atom. The molecule has 2 nitrogen and oxygen atoms in total. The maximum atomic E-state index is 6.05. The van der Waals surface area contributed by atoms with E-state index in [1.807, 2.05) is 24.3 Å². The lowest BCUT2D eigenvalue weighted by molar-refractivity contribution is 0.306. The molecule has 2 rings (SSSR count). The van der Waals surface area contributed by atoms with Crippen molar-refractivity contribution in [2.75, 3.05) is 6.54 Å². The summed E-state index contributed by atoms with van der Waals surface area (Å²) in [5, 5.41) is 4.03. The zero-order valence-corrected chi connectivity index (χ0v) is 12.5. The monoisotopic (exact) mass is 289 g/mol. The molecule has 2 aromatic rings. The minimum absolute atomic E-state index is 0.534. The van der Waals surface area contributed by atoms with Crippen LogP contribution < -0.4 is 10.1 Å². The van der Waals surface area contributed by atoms with Gasteiger partial charge in [-0.1, -0.05) is 54.9 Å². The van der Waals surface area contributed by atoms with E-state index in [4.69, 9.17) is 16.3 Å². The zero-order chi connectivity index (χ0) is 14.2. The fraction of sp³-hybridized carbons (Fsp3) is 0.294. The zero-order valence-electron chi connectivity index (χ0n) is 11.7. The number of para-hydroxylation sites is 1. The van der Waals surface area contributed by atoms with Gasteiger partial charge in [0.25, 0.3) is 0 Å². The second-order valence-electron chi connectivity index (χ2n) is 4.71. The number of hydrogen-bond acceptors (Lipinski definition) is 2. The van der Waals surface area contributed by atoms with E-state index in [1.165, 1.54) is 5.56 Å². The molecule has 0 aliphatic heterocycles. The Bertz CT molecular complexity index is 525. The molecule has 0 saturated heterocycles. The van der Waals surface area contributed by atoms with Gasteiger partial charge < -0.3 is 10.1 Å². The van der Waals surface area contributed by atoms with Crippen LogP contribution in [0.25, 0.3) is 0 Å². The summed E-state index contributed by atoms with van der Waals surface area (Å²) < 4.78 is 5.71. The van der Waals surface area contributed by atoms with Crippen molar-refractivity contribution in [1.82, 2.24) is 5.32 Å². The third-order valence-corrected chi connectivity index (χ3v) is 3.32. The highest BCUT2D eigenvalue weighted by atomic mass is 35.5. The first kappa shape index (κ1) is 14.9. The summed E-state index contributed by atoms with van der Waals surface area (Å²) >= 11 is 6.05. The van der Waals surface area contributed by atoms with Crippen LogP contribution >= 0.6 is 11.6 Å². The summed E-state index contributed by atoms with van der Waals surface area (Å²) in [7, 11) is 0. The van der Waals surface area contributed by atoms with Gasteiger partial charge in [0, 0.05) is 6.54 Å². The molecule has 0 saturated carbocycles. The van der Waals surface area contributed by atoms with Crippen LogP contribution in [0.3, 0.4) is 0 Å². The molecule has 0 amide bonds. The predicted molar refractivity (Wildman–Crippen MR) is 84.2 cm³/mol. The molecule has 106 valence electrons. The number of halogens is 1. The average Bonchev–Trinajstić information content (AvgIpc) is 2.48. The molecule has 20 heavy (non-hydrogen) atoms. The standard InChI is InChI=1S/C17H20ClNO/c1-2-11-19-12-14-7-9-15(10-8-14)13-20-17-6-4-3-5-16(17)18/h3-10,19H,2,11-13H2,1H3. The quantitative estimate of drug-likeness (QED) is 0.762. The van der Waals surface area contributed by atoms with Crippen LogP contribution in [0.2, 0.25) is 5.02 Å². The van der Waals surface area contributed by atoms with Crippen LogP contribution in [0.1, 0.15) is 24.5 Å². The Balaban J connectivity index is 1.86. The molecule has 2 aromatic carbocycles. The maximum Gasteiger partial charge on any atom is 0.138 e. The second-order valence-corrected chi connectivity index (χ2v) is 5.12. The Labute approximate surface area is 125 Å². The van der Waals surface area contributed by atoms with Crippen molar-refractivity contribution < 1.29 is 4.74 Å². The highest BCUT2D eigenvalue weighted by Crippen LogP contribution is 2.24. The molecule has 0 spiro atoms. The number of hydrogen-bond donors (Lipinski definition) is 1. The first-order valence-corrected chi connectivity index (χ1v) is 7.33. The van der Waals surface area contributed by atoms with E-state index in [2.05, 4.69) is 36.5 Å². The van der Waals surface area contributed by atoms with Crippen molar-refractivity contribution >= 4 is 11.6 Å². The molecule has 0 aromatic heterocycles. The van der Waals surface area contributed by atoms with Gasteiger partial charge in [0.05, 0.1) is 5.02 Å². The van der Waals surface area contributed by atoms with Gasteiger partial charge >= 0.3 is 0 Å². The highest BCUT2D eigenvalue weighted by molar-refractivity contribution is 6.32. The van der Waals surface area contributed by atoms with Crippen molar-refractivity contribution in [1.29, 1.82) is 0 Å². The lowest BCUT2D eigenvalue weighted by atomic mass is 10.1. The number of nitrogens with one attached hydrogen (secondary N) is 1. The van der Waals surface area contributed by atoms with Crippen molar-refractivity contribution in [3.63, 3.8) is 0 Å². The summed E-state index contributed by atoms with van der Waals surface area (Å²) in [6.07, 6.45) is 1.16. The van der Waals surface area contributed by atoms with Gasteiger partial charge in [-0.25, -0.2) is 0 Å². The van der Waals surface area contributed by atoms with E-state index in [-0.39, 0.29) is 0 Å². The van der Waals surface area contributed by atoms with Crippen LogP contribution in [0.4, 0.5) is 0 Å². The predicted octanol–water partition coefficient (Wildman–Crippen LogP) is 4.42. The number of rotatable bonds is 7. The van der Waals surface area contributed by atoms with E-state index in [1.54, 1.807) is 0 Å². The molecule has 3 heteroatoms. The molecular weight excluding hydrogens is 270 g/mol. The van der Waals surface area contributed by atoms with Crippen LogP contribution in [-0.4, -0.2) is 6.54 Å². The number of ether oxygens (including phenoxy) is 1. The Hall–Kier alpha value is -1.51. The van der Waals surface area contributed by atoms with Crippen molar-refractivity contribution in [2.24, 2.45) is 0 Å². The number of benzene rings is 2. The van der Waals surface area contributed by atoms with E-state index in [0.29, 0.717) is 11.6 Å². The molecule has 0 unspecified atom stereocenters. The first-order valence-electron chi connectivity index (χ1n) is 6.95. The molecule has 0 aliphatic carbocycles. The largest absolute Gasteiger partial charge is 0.487 e. The SMILES string of the molecule is CCCNCc1ccc(COc2ccccc2Cl)cc1. The smallest absolute Gasteiger partial charge is 0.138 e. The molecule has 0 radical (unpaired) electrons. The van der Waals surface area contributed by atoms with Crippen LogP contribution in [-0.2, 0) is 13.2 Å². The van der Waals surface area contributed by atoms with Gasteiger partial charge in [-0.15, -0.1) is 0 Å². The Kier molecular flexibility index (Phi) is 5.90. The Morgan fingerprint density at radius 3 is 2.40 bits per heavy atom. The molecule has 0 fully saturated rings. The topological polar surface area (TPSA) is 21.3 Å². The molecule has 0 aliphatic rings.